The van der Waals surface area contributed by atoms with E-state index < -0.39 is 0 Å². The molecule has 5 heteroatoms. The number of likely N-dealkylation sites (tertiary alicyclic amines) is 1. The lowest BCUT2D eigenvalue weighted by Gasteiger charge is -2.37. The van der Waals surface area contributed by atoms with E-state index in [2.05, 4.69) is 23.7 Å². The first-order valence-corrected chi connectivity index (χ1v) is 7.69. The summed E-state index contributed by atoms with van der Waals surface area (Å²) in [5.74, 6) is 0.00102. The molecule has 0 radical (unpaired) electrons. The summed E-state index contributed by atoms with van der Waals surface area (Å²) in [5, 5.41) is 0.295. The van der Waals surface area contributed by atoms with Gasteiger partial charge in [0.25, 0.3) is 5.91 Å². The summed E-state index contributed by atoms with van der Waals surface area (Å²) < 4.78 is 0. The Balaban J connectivity index is 1.97. The zero-order valence-corrected chi connectivity index (χ0v) is 12.9. The molecule has 1 aliphatic heterocycles. The number of pyridine rings is 1. The Morgan fingerprint density at radius 1 is 1.40 bits per heavy atom. The van der Waals surface area contributed by atoms with E-state index >= 15 is 0 Å². The minimum absolute atomic E-state index is 0.00102. The second-order valence-corrected chi connectivity index (χ2v) is 5.44. The Labute approximate surface area is 125 Å². The van der Waals surface area contributed by atoms with Gasteiger partial charge in [-0.15, -0.1) is 0 Å². The number of nitrogens with zero attached hydrogens (tertiary/aromatic N) is 3. The van der Waals surface area contributed by atoms with Gasteiger partial charge in [-0.1, -0.05) is 25.4 Å². The summed E-state index contributed by atoms with van der Waals surface area (Å²) in [5.41, 5.74) is 0.510. The lowest BCUT2D eigenvalue weighted by Crippen LogP contribution is -2.46. The first-order chi connectivity index (χ1) is 9.67. The maximum Gasteiger partial charge on any atom is 0.256 e. The average molecular weight is 296 g/mol. The van der Waals surface area contributed by atoms with Crippen LogP contribution in [0.4, 0.5) is 0 Å². The van der Waals surface area contributed by atoms with Gasteiger partial charge < -0.3 is 9.80 Å². The molecule has 20 heavy (non-hydrogen) atoms. The molecule has 0 unspecified atom stereocenters. The predicted octanol–water partition coefficient (Wildman–Crippen LogP) is 2.68. The minimum atomic E-state index is 0.00102. The number of halogens is 1. The second kappa shape index (κ2) is 7.04. The van der Waals surface area contributed by atoms with Gasteiger partial charge in [-0.3, -0.25) is 4.79 Å². The normalized spacial score (nSPS) is 16.7. The van der Waals surface area contributed by atoms with Crippen LogP contribution in [0.1, 0.15) is 37.0 Å². The smallest absolute Gasteiger partial charge is 0.256 e. The highest BCUT2D eigenvalue weighted by atomic mass is 35.5. The van der Waals surface area contributed by atoms with Crippen LogP contribution in [-0.2, 0) is 0 Å². The number of rotatable bonds is 4. The van der Waals surface area contributed by atoms with E-state index in [1.54, 1.807) is 18.3 Å². The molecule has 110 valence electrons. The van der Waals surface area contributed by atoms with E-state index in [1.807, 2.05) is 4.90 Å². The number of carbonyl (C=O) groups is 1. The molecule has 1 amide bonds. The van der Waals surface area contributed by atoms with Crippen LogP contribution >= 0.6 is 11.6 Å². The number of hydrogen-bond donors (Lipinski definition) is 0. The summed E-state index contributed by atoms with van der Waals surface area (Å²) >= 11 is 6.00. The molecule has 2 rings (SSSR count). The maximum absolute atomic E-state index is 12.4. The Kier molecular flexibility index (Phi) is 5.38. The van der Waals surface area contributed by atoms with Gasteiger partial charge in [-0.05, 0) is 38.1 Å². The van der Waals surface area contributed by atoms with Crippen LogP contribution in [-0.4, -0.2) is 52.9 Å². The van der Waals surface area contributed by atoms with Crippen molar-refractivity contribution in [2.24, 2.45) is 0 Å². The second-order valence-electron chi connectivity index (χ2n) is 5.09. The van der Waals surface area contributed by atoms with Crippen molar-refractivity contribution in [3.63, 3.8) is 0 Å². The molecule has 0 N–H and O–H groups in total. The maximum atomic E-state index is 12.4. The summed E-state index contributed by atoms with van der Waals surface area (Å²) in [4.78, 5) is 20.8. The molecule has 1 fully saturated rings. The topological polar surface area (TPSA) is 36.4 Å². The van der Waals surface area contributed by atoms with E-state index in [0.29, 0.717) is 16.8 Å². The molecule has 0 aromatic carbocycles. The molecule has 0 aliphatic carbocycles. The highest BCUT2D eigenvalue weighted by molar-refractivity contribution is 6.32. The lowest BCUT2D eigenvalue weighted by atomic mass is 10.0. The third-order valence-corrected chi connectivity index (χ3v) is 4.37. The largest absolute Gasteiger partial charge is 0.338 e. The monoisotopic (exact) mass is 295 g/mol. The molecular formula is C15H22ClN3O. The van der Waals surface area contributed by atoms with Gasteiger partial charge in [0.15, 0.2) is 0 Å². The first kappa shape index (κ1) is 15.3. The summed E-state index contributed by atoms with van der Waals surface area (Å²) in [6, 6.07) is 4.09. The molecule has 2 heterocycles. The fourth-order valence-corrected chi connectivity index (χ4v) is 3.09. The van der Waals surface area contributed by atoms with Gasteiger partial charge in [0, 0.05) is 25.3 Å². The van der Waals surface area contributed by atoms with Gasteiger partial charge in [0.2, 0.25) is 0 Å². The van der Waals surface area contributed by atoms with Gasteiger partial charge in [0.05, 0.1) is 5.56 Å². The van der Waals surface area contributed by atoms with Gasteiger partial charge in [0.1, 0.15) is 5.15 Å². The van der Waals surface area contributed by atoms with Gasteiger partial charge >= 0.3 is 0 Å². The molecule has 1 saturated heterocycles. The molecule has 1 aromatic rings. The minimum Gasteiger partial charge on any atom is -0.338 e. The summed E-state index contributed by atoms with van der Waals surface area (Å²) in [6.07, 6.45) is 3.67. The molecule has 1 aliphatic rings. The predicted molar refractivity (Wildman–Crippen MR) is 81.1 cm³/mol. The van der Waals surface area contributed by atoms with Crippen LogP contribution in [0.25, 0.3) is 0 Å². The zero-order chi connectivity index (χ0) is 14.5. The van der Waals surface area contributed by atoms with E-state index in [4.69, 9.17) is 11.6 Å². The van der Waals surface area contributed by atoms with Crippen molar-refractivity contribution in [1.29, 1.82) is 0 Å². The Hall–Kier alpha value is -1.13. The Morgan fingerprint density at radius 2 is 2.05 bits per heavy atom. The quantitative estimate of drug-likeness (QED) is 0.801. The fourth-order valence-electron chi connectivity index (χ4n) is 2.89. The highest BCUT2D eigenvalue weighted by Gasteiger charge is 2.27. The molecule has 0 atom stereocenters. The van der Waals surface area contributed by atoms with Crippen LogP contribution in [0.2, 0.25) is 5.15 Å². The van der Waals surface area contributed by atoms with Crippen LogP contribution in [0.5, 0.6) is 0 Å². The third kappa shape index (κ3) is 3.30. The highest BCUT2D eigenvalue weighted by Crippen LogP contribution is 2.20. The van der Waals surface area contributed by atoms with Crippen molar-refractivity contribution < 1.29 is 4.79 Å². The summed E-state index contributed by atoms with van der Waals surface area (Å²) in [6.45, 7) is 8.12. The van der Waals surface area contributed by atoms with E-state index in [9.17, 15) is 4.79 Å². The number of hydrogen-bond acceptors (Lipinski definition) is 3. The van der Waals surface area contributed by atoms with Crippen LogP contribution in [0.3, 0.4) is 0 Å². The molecular weight excluding hydrogens is 274 g/mol. The molecule has 0 saturated carbocycles. The number of amides is 1. The average Bonchev–Trinajstić information content (AvgIpc) is 2.49. The molecule has 0 spiro atoms. The fraction of sp³-hybridized carbons (Fsp3) is 0.600. The van der Waals surface area contributed by atoms with E-state index in [-0.39, 0.29) is 5.91 Å². The molecule has 4 nitrogen and oxygen atoms in total. The number of carbonyl (C=O) groups excluding carboxylic acids is 1. The van der Waals surface area contributed by atoms with Crippen molar-refractivity contribution in [3.05, 3.63) is 29.0 Å². The van der Waals surface area contributed by atoms with Crippen molar-refractivity contribution >= 4 is 17.5 Å². The number of aromatic nitrogens is 1. The van der Waals surface area contributed by atoms with Crippen molar-refractivity contribution in [2.75, 3.05) is 26.2 Å². The van der Waals surface area contributed by atoms with Crippen molar-refractivity contribution in [1.82, 2.24) is 14.8 Å². The van der Waals surface area contributed by atoms with Gasteiger partial charge in [-0.2, -0.15) is 0 Å². The lowest BCUT2D eigenvalue weighted by molar-refractivity contribution is 0.0631. The van der Waals surface area contributed by atoms with Gasteiger partial charge in [-0.25, -0.2) is 4.98 Å². The van der Waals surface area contributed by atoms with E-state index in [1.165, 1.54) is 0 Å². The standard InChI is InChI=1S/C15H22ClN3O/c1-3-18(4-2)12-7-10-19(11-8-12)15(20)13-6-5-9-17-14(13)16/h5-6,9,12H,3-4,7-8,10-11H2,1-2H3. The van der Waals surface area contributed by atoms with E-state index in [0.717, 1.165) is 39.0 Å². The van der Waals surface area contributed by atoms with Crippen molar-refractivity contribution in [3.8, 4) is 0 Å². The molecule has 0 bridgehead atoms. The van der Waals surface area contributed by atoms with Crippen LogP contribution < -0.4 is 0 Å². The Bertz CT molecular complexity index is 454. The van der Waals surface area contributed by atoms with Crippen LogP contribution in [0, 0.1) is 0 Å². The molecule has 1 aromatic heterocycles. The SMILES string of the molecule is CCN(CC)C1CCN(C(=O)c2cccnc2Cl)CC1. The van der Waals surface area contributed by atoms with Crippen molar-refractivity contribution in [2.45, 2.75) is 32.7 Å². The Morgan fingerprint density at radius 3 is 2.60 bits per heavy atom. The summed E-state index contributed by atoms with van der Waals surface area (Å²) in [7, 11) is 0. The van der Waals surface area contributed by atoms with Crippen LogP contribution in [0.15, 0.2) is 18.3 Å². The third-order valence-electron chi connectivity index (χ3n) is 4.07. The number of piperidine rings is 1. The zero-order valence-electron chi connectivity index (χ0n) is 12.2. The first-order valence-electron chi connectivity index (χ1n) is 7.31.